The molecule has 1 atom stereocenters. The van der Waals surface area contributed by atoms with Gasteiger partial charge in [0.1, 0.15) is 5.75 Å². The Morgan fingerprint density at radius 2 is 1.38 bits per heavy atom. The van der Waals surface area contributed by atoms with E-state index >= 15 is 0 Å². The summed E-state index contributed by atoms with van der Waals surface area (Å²) in [5.74, 6) is 0.0280. The fraction of sp³-hybridized carbons (Fsp3) is 0.238. The Labute approximate surface area is 154 Å². The molecule has 1 heterocycles. The molecule has 0 spiro atoms. The number of rotatable bonds is 3. The van der Waals surface area contributed by atoms with Crippen LogP contribution >= 0.6 is 11.3 Å². The Kier molecular flexibility index (Phi) is 4.61. The maximum atomic E-state index is 14.7. The highest BCUT2D eigenvalue weighted by Gasteiger charge is 2.59. The Hall–Kier alpha value is -2.27. The monoisotopic (exact) mass is 376 g/mol. The van der Waals surface area contributed by atoms with Gasteiger partial charge in [-0.15, -0.1) is 11.3 Å². The molecule has 3 rings (SSSR count). The molecule has 2 aromatic carbocycles. The van der Waals surface area contributed by atoms with Crippen LogP contribution in [-0.4, -0.2) is 11.3 Å². The number of hydrogen-bond donors (Lipinski definition) is 1. The van der Waals surface area contributed by atoms with E-state index in [1.54, 1.807) is 51.1 Å². The summed E-state index contributed by atoms with van der Waals surface area (Å²) in [6, 6.07) is 14.1. The Morgan fingerprint density at radius 3 is 1.85 bits per heavy atom. The molecule has 0 saturated carbocycles. The topological polar surface area (TPSA) is 20.2 Å². The predicted molar refractivity (Wildman–Crippen MR) is 99.0 cm³/mol. The van der Waals surface area contributed by atoms with Gasteiger partial charge >= 0.3 is 6.18 Å². The van der Waals surface area contributed by atoms with Crippen LogP contribution in [0.2, 0.25) is 0 Å². The summed E-state index contributed by atoms with van der Waals surface area (Å²) in [5.41, 5.74) is -1.14. The minimum absolute atomic E-state index is 0.0280. The van der Waals surface area contributed by atoms with Gasteiger partial charge in [0.05, 0.1) is 0 Å². The van der Waals surface area contributed by atoms with Gasteiger partial charge < -0.3 is 5.11 Å². The van der Waals surface area contributed by atoms with Crippen LogP contribution in [0.25, 0.3) is 0 Å². The predicted octanol–water partition coefficient (Wildman–Crippen LogP) is 6.28. The molecule has 0 aliphatic heterocycles. The first-order chi connectivity index (χ1) is 12.2. The number of benzene rings is 2. The molecular weight excluding hydrogens is 357 g/mol. The van der Waals surface area contributed by atoms with Crippen LogP contribution in [0.4, 0.5) is 13.2 Å². The molecule has 0 radical (unpaired) electrons. The smallest absolute Gasteiger partial charge is 0.407 e. The van der Waals surface area contributed by atoms with Gasteiger partial charge in [0.25, 0.3) is 0 Å². The second kappa shape index (κ2) is 6.47. The fourth-order valence-electron chi connectivity index (χ4n) is 3.41. The minimum atomic E-state index is -4.55. The average Bonchev–Trinajstić information content (AvgIpc) is 2.99. The summed E-state index contributed by atoms with van der Waals surface area (Å²) >= 11 is 1.14. The molecular formula is C21H19F3OS. The highest BCUT2D eigenvalue weighted by atomic mass is 32.1. The van der Waals surface area contributed by atoms with Crippen molar-refractivity contribution >= 4 is 11.3 Å². The summed E-state index contributed by atoms with van der Waals surface area (Å²) in [7, 11) is 0. The van der Waals surface area contributed by atoms with Crippen molar-refractivity contribution in [3.63, 3.8) is 0 Å². The molecule has 1 N–H and O–H groups in total. The SMILES string of the molecule is Cc1ccc(C(c2ccccc2)(c2cc(C)c(O)c(C)c2)C(F)(F)F)s1. The van der Waals surface area contributed by atoms with Gasteiger partial charge in [0.15, 0.2) is 5.41 Å². The number of hydrogen-bond acceptors (Lipinski definition) is 2. The third kappa shape index (κ3) is 2.80. The van der Waals surface area contributed by atoms with Crippen molar-refractivity contribution in [3.05, 3.63) is 86.6 Å². The first kappa shape index (κ1) is 18.5. The summed E-state index contributed by atoms with van der Waals surface area (Å²) in [5, 5.41) is 10.1. The first-order valence-corrected chi connectivity index (χ1v) is 8.99. The standard InChI is InChI=1S/C21H19F3OS/c1-13-11-17(12-14(2)19(13)25)20(21(22,23)24,16-7-5-4-6-8-16)18-10-9-15(3)26-18/h4-12,25H,1-3H3. The zero-order valence-electron chi connectivity index (χ0n) is 14.7. The number of phenols is 1. The maximum Gasteiger partial charge on any atom is 0.407 e. The van der Waals surface area contributed by atoms with Gasteiger partial charge in [0.2, 0.25) is 0 Å². The Balaban J connectivity index is 2.46. The average molecular weight is 376 g/mol. The molecule has 0 amide bonds. The third-order valence-corrected chi connectivity index (χ3v) is 5.79. The molecule has 5 heteroatoms. The van der Waals surface area contributed by atoms with E-state index in [0.29, 0.717) is 11.1 Å². The van der Waals surface area contributed by atoms with Crippen LogP contribution in [0.1, 0.15) is 32.0 Å². The zero-order valence-corrected chi connectivity index (χ0v) is 15.5. The van der Waals surface area contributed by atoms with Crippen molar-refractivity contribution in [2.24, 2.45) is 0 Å². The number of alkyl halides is 3. The minimum Gasteiger partial charge on any atom is -0.507 e. The van der Waals surface area contributed by atoms with Crippen LogP contribution < -0.4 is 0 Å². The molecule has 1 nitrogen and oxygen atoms in total. The lowest BCUT2D eigenvalue weighted by molar-refractivity contribution is -0.165. The summed E-state index contributed by atoms with van der Waals surface area (Å²) in [6.45, 7) is 5.04. The van der Waals surface area contributed by atoms with E-state index in [4.69, 9.17) is 0 Å². The normalized spacial score (nSPS) is 14.2. The molecule has 1 unspecified atom stereocenters. The van der Waals surface area contributed by atoms with E-state index < -0.39 is 11.6 Å². The number of halogens is 3. The second-order valence-electron chi connectivity index (χ2n) is 6.48. The quantitative estimate of drug-likeness (QED) is 0.571. The van der Waals surface area contributed by atoms with Crippen LogP contribution in [0.5, 0.6) is 5.75 Å². The highest BCUT2D eigenvalue weighted by molar-refractivity contribution is 7.12. The van der Waals surface area contributed by atoms with Crippen LogP contribution in [-0.2, 0) is 5.41 Å². The van der Waals surface area contributed by atoms with Gasteiger partial charge in [-0.3, -0.25) is 0 Å². The van der Waals surface area contributed by atoms with E-state index in [1.165, 1.54) is 24.3 Å². The van der Waals surface area contributed by atoms with Crippen molar-refractivity contribution in [2.75, 3.05) is 0 Å². The molecule has 0 aliphatic carbocycles. The molecule has 26 heavy (non-hydrogen) atoms. The van der Waals surface area contributed by atoms with E-state index in [1.807, 2.05) is 0 Å². The van der Waals surface area contributed by atoms with Crippen LogP contribution in [0.15, 0.2) is 54.6 Å². The molecule has 1 aromatic heterocycles. The molecule has 136 valence electrons. The number of phenolic OH excluding ortho intramolecular Hbond substituents is 1. The van der Waals surface area contributed by atoms with Crippen molar-refractivity contribution in [3.8, 4) is 5.75 Å². The lowest BCUT2D eigenvalue weighted by Crippen LogP contribution is -2.44. The number of aromatic hydroxyl groups is 1. The molecule has 0 aliphatic rings. The van der Waals surface area contributed by atoms with Crippen molar-refractivity contribution in [2.45, 2.75) is 32.4 Å². The van der Waals surface area contributed by atoms with E-state index in [0.717, 1.165) is 16.2 Å². The van der Waals surface area contributed by atoms with Crippen molar-refractivity contribution in [1.29, 1.82) is 0 Å². The summed E-state index contributed by atoms with van der Waals surface area (Å²) < 4.78 is 44.2. The number of thiophene rings is 1. The first-order valence-electron chi connectivity index (χ1n) is 8.17. The van der Waals surface area contributed by atoms with E-state index in [2.05, 4.69) is 0 Å². The van der Waals surface area contributed by atoms with E-state index in [-0.39, 0.29) is 21.8 Å². The van der Waals surface area contributed by atoms with Crippen molar-refractivity contribution < 1.29 is 18.3 Å². The highest BCUT2D eigenvalue weighted by Crippen LogP contribution is 2.53. The lowest BCUT2D eigenvalue weighted by Gasteiger charge is -2.37. The third-order valence-electron chi connectivity index (χ3n) is 4.67. The van der Waals surface area contributed by atoms with Gasteiger partial charge in [0, 0.05) is 9.75 Å². The lowest BCUT2D eigenvalue weighted by atomic mass is 9.71. The summed E-state index contributed by atoms with van der Waals surface area (Å²) in [6.07, 6.45) is -4.55. The number of aryl methyl sites for hydroxylation is 3. The largest absolute Gasteiger partial charge is 0.507 e. The van der Waals surface area contributed by atoms with Gasteiger partial charge in [-0.25, -0.2) is 0 Å². The molecule has 3 aromatic rings. The molecule has 0 saturated heterocycles. The van der Waals surface area contributed by atoms with Crippen molar-refractivity contribution in [1.82, 2.24) is 0 Å². The Morgan fingerprint density at radius 1 is 0.808 bits per heavy atom. The van der Waals surface area contributed by atoms with E-state index in [9.17, 15) is 18.3 Å². The van der Waals surface area contributed by atoms with Gasteiger partial charge in [-0.1, -0.05) is 42.5 Å². The molecule has 0 bridgehead atoms. The molecule has 0 fully saturated rings. The van der Waals surface area contributed by atoms with Gasteiger partial charge in [-0.05, 0) is 55.2 Å². The summed E-state index contributed by atoms with van der Waals surface area (Å²) in [4.78, 5) is 1.04. The zero-order chi connectivity index (χ0) is 19.1. The van der Waals surface area contributed by atoms with Crippen LogP contribution in [0, 0.1) is 20.8 Å². The maximum absolute atomic E-state index is 14.7. The second-order valence-corrected chi connectivity index (χ2v) is 7.77. The fourth-order valence-corrected chi connectivity index (χ4v) is 4.54. The van der Waals surface area contributed by atoms with Crippen LogP contribution in [0.3, 0.4) is 0 Å². The van der Waals surface area contributed by atoms with Gasteiger partial charge in [-0.2, -0.15) is 13.2 Å². The Bertz CT molecular complexity index is 905.